The highest BCUT2D eigenvalue weighted by atomic mass is 16.2. The first-order valence-corrected chi connectivity index (χ1v) is 7.56. The van der Waals surface area contributed by atoms with E-state index in [1.54, 1.807) is 18.5 Å². The van der Waals surface area contributed by atoms with Crippen molar-refractivity contribution in [2.45, 2.75) is 31.7 Å². The second-order valence-corrected chi connectivity index (χ2v) is 5.95. The lowest BCUT2D eigenvalue weighted by atomic mass is 10.0. The van der Waals surface area contributed by atoms with E-state index >= 15 is 0 Å². The maximum atomic E-state index is 12.1. The lowest BCUT2D eigenvalue weighted by Gasteiger charge is -2.38. The zero-order valence-electron chi connectivity index (χ0n) is 12.3. The van der Waals surface area contributed by atoms with E-state index in [0.29, 0.717) is 17.5 Å². The van der Waals surface area contributed by atoms with E-state index in [9.17, 15) is 10.1 Å². The molecule has 0 bridgehead atoms. The van der Waals surface area contributed by atoms with Crippen LogP contribution in [0.15, 0.2) is 18.5 Å². The van der Waals surface area contributed by atoms with E-state index in [1.165, 1.54) is 0 Å². The van der Waals surface area contributed by atoms with Gasteiger partial charge >= 0.3 is 0 Å². The van der Waals surface area contributed by atoms with Gasteiger partial charge in [0.25, 0.3) is 0 Å². The third-order valence-electron chi connectivity index (χ3n) is 4.55. The Morgan fingerprint density at radius 2 is 2.10 bits per heavy atom. The Morgan fingerprint density at radius 1 is 1.38 bits per heavy atom. The molecule has 21 heavy (non-hydrogen) atoms. The number of rotatable bonds is 3. The number of amides is 1. The van der Waals surface area contributed by atoms with Gasteiger partial charge in [-0.15, -0.1) is 0 Å². The predicted octanol–water partition coefficient (Wildman–Crippen LogP) is 1.79. The molecule has 2 aliphatic rings. The van der Waals surface area contributed by atoms with Crippen LogP contribution in [0.3, 0.4) is 0 Å². The van der Waals surface area contributed by atoms with Crippen LogP contribution in [0.4, 0.5) is 5.69 Å². The minimum Gasteiger partial charge on any atom is -0.369 e. The second-order valence-electron chi connectivity index (χ2n) is 5.95. The van der Waals surface area contributed by atoms with Gasteiger partial charge in [-0.05, 0) is 31.7 Å². The van der Waals surface area contributed by atoms with Crippen molar-refractivity contribution in [3.8, 4) is 6.07 Å². The molecule has 1 saturated heterocycles. The number of hydrogen-bond donors (Lipinski definition) is 0. The normalized spacial score (nSPS) is 19.1. The lowest BCUT2D eigenvalue weighted by Crippen LogP contribution is -2.46. The maximum Gasteiger partial charge on any atom is 0.225 e. The number of anilines is 1. The van der Waals surface area contributed by atoms with Crippen molar-refractivity contribution in [1.29, 1.82) is 5.26 Å². The number of nitrogens with zero attached hydrogens (tertiary/aromatic N) is 4. The van der Waals surface area contributed by atoms with Crippen molar-refractivity contribution >= 4 is 11.6 Å². The van der Waals surface area contributed by atoms with Crippen LogP contribution < -0.4 is 4.90 Å². The molecule has 0 radical (unpaired) electrons. The molecule has 0 aromatic carbocycles. The number of carbonyl (C=O) groups excluding carboxylic acids is 1. The Balaban J connectivity index is 1.62. The molecule has 1 aliphatic heterocycles. The predicted molar refractivity (Wildman–Crippen MR) is 79.7 cm³/mol. The fraction of sp³-hybridized carbons (Fsp3) is 0.562. The molecule has 5 nitrogen and oxygen atoms in total. The molecule has 1 amide bonds. The van der Waals surface area contributed by atoms with Crippen LogP contribution in [0.5, 0.6) is 0 Å². The van der Waals surface area contributed by atoms with Crippen molar-refractivity contribution in [2.24, 2.45) is 5.92 Å². The largest absolute Gasteiger partial charge is 0.369 e. The smallest absolute Gasteiger partial charge is 0.225 e. The number of carbonyl (C=O) groups is 1. The Kier molecular flexibility index (Phi) is 3.78. The molecular formula is C16H20N4O. The number of aromatic nitrogens is 1. The first-order chi connectivity index (χ1) is 10.2. The lowest BCUT2D eigenvalue weighted by molar-refractivity contribution is -0.133. The molecule has 2 fully saturated rings. The van der Waals surface area contributed by atoms with Gasteiger partial charge in [0.1, 0.15) is 6.07 Å². The van der Waals surface area contributed by atoms with Gasteiger partial charge in [0, 0.05) is 38.3 Å². The topological polar surface area (TPSA) is 60.2 Å². The first-order valence-electron chi connectivity index (χ1n) is 7.56. The van der Waals surface area contributed by atoms with E-state index < -0.39 is 0 Å². The number of piperidine rings is 1. The third-order valence-corrected chi connectivity index (χ3v) is 4.55. The van der Waals surface area contributed by atoms with Crippen LogP contribution in [-0.2, 0) is 4.79 Å². The summed E-state index contributed by atoms with van der Waals surface area (Å²) in [6.07, 6.45) is 7.44. The minimum absolute atomic E-state index is 0.288. The average molecular weight is 284 g/mol. The summed E-state index contributed by atoms with van der Waals surface area (Å²) in [7, 11) is 1.94. The van der Waals surface area contributed by atoms with Gasteiger partial charge in [0.05, 0.1) is 17.4 Å². The summed E-state index contributed by atoms with van der Waals surface area (Å²) in [6, 6.07) is 4.31. The zero-order chi connectivity index (χ0) is 14.8. The van der Waals surface area contributed by atoms with E-state index in [1.807, 2.05) is 11.9 Å². The SMILES string of the molecule is CN(C(=O)C1CC1)C1CCN(c2cnccc2C#N)CC1. The summed E-state index contributed by atoms with van der Waals surface area (Å²) in [5.41, 5.74) is 1.58. The van der Waals surface area contributed by atoms with E-state index in [0.717, 1.165) is 44.5 Å². The molecule has 1 aromatic heterocycles. The molecule has 0 unspecified atom stereocenters. The van der Waals surface area contributed by atoms with Gasteiger partial charge in [-0.1, -0.05) is 0 Å². The van der Waals surface area contributed by atoms with Crippen molar-refractivity contribution in [3.05, 3.63) is 24.0 Å². The van der Waals surface area contributed by atoms with Gasteiger partial charge in [0.15, 0.2) is 0 Å². The molecule has 3 rings (SSSR count). The molecule has 1 saturated carbocycles. The summed E-state index contributed by atoms with van der Waals surface area (Å²) in [5, 5.41) is 9.17. The van der Waals surface area contributed by atoms with Crippen LogP contribution in [-0.4, -0.2) is 42.0 Å². The number of hydrogen-bond acceptors (Lipinski definition) is 4. The number of pyridine rings is 1. The Hall–Kier alpha value is -2.09. The summed E-state index contributed by atoms with van der Waals surface area (Å²) in [5.74, 6) is 0.601. The van der Waals surface area contributed by atoms with Crippen molar-refractivity contribution < 1.29 is 4.79 Å². The Morgan fingerprint density at radius 3 is 2.71 bits per heavy atom. The van der Waals surface area contributed by atoms with Crippen molar-refractivity contribution in [1.82, 2.24) is 9.88 Å². The third kappa shape index (κ3) is 2.85. The molecule has 2 heterocycles. The van der Waals surface area contributed by atoms with Gasteiger partial charge in [-0.3, -0.25) is 9.78 Å². The van der Waals surface area contributed by atoms with Crippen molar-refractivity contribution in [3.63, 3.8) is 0 Å². The summed E-state index contributed by atoms with van der Waals surface area (Å²) in [4.78, 5) is 20.4. The van der Waals surface area contributed by atoms with E-state index in [4.69, 9.17) is 0 Å². The second kappa shape index (κ2) is 5.72. The van der Waals surface area contributed by atoms with Crippen LogP contribution in [0.25, 0.3) is 0 Å². The van der Waals surface area contributed by atoms with Crippen LogP contribution in [0.1, 0.15) is 31.2 Å². The van der Waals surface area contributed by atoms with Gasteiger partial charge < -0.3 is 9.80 Å². The van der Waals surface area contributed by atoms with Gasteiger partial charge in [0.2, 0.25) is 5.91 Å². The summed E-state index contributed by atoms with van der Waals surface area (Å²) >= 11 is 0. The Labute approximate surface area is 125 Å². The summed E-state index contributed by atoms with van der Waals surface area (Å²) < 4.78 is 0. The molecule has 5 heteroatoms. The van der Waals surface area contributed by atoms with Gasteiger partial charge in [-0.25, -0.2) is 0 Å². The highest BCUT2D eigenvalue weighted by molar-refractivity contribution is 5.81. The highest BCUT2D eigenvalue weighted by Gasteiger charge is 2.35. The minimum atomic E-state index is 0.288. The van der Waals surface area contributed by atoms with E-state index in [-0.39, 0.29) is 5.92 Å². The molecule has 1 aliphatic carbocycles. The van der Waals surface area contributed by atoms with Crippen LogP contribution >= 0.6 is 0 Å². The van der Waals surface area contributed by atoms with Crippen LogP contribution in [0, 0.1) is 17.2 Å². The molecule has 0 spiro atoms. The first kappa shape index (κ1) is 13.9. The van der Waals surface area contributed by atoms with E-state index in [2.05, 4.69) is 16.0 Å². The Bertz CT molecular complexity index is 568. The van der Waals surface area contributed by atoms with Gasteiger partial charge in [-0.2, -0.15) is 5.26 Å². The summed E-state index contributed by atoms with van der Waals surface area (Å²) in [6.45, 7) is 1.74. The zero-order valence-corrected chi connectivity index (χ0v) is 12.3. The molecule has 0 N–H and O–H groups in total. The molecular weight excluding hydrogens is 264 g/mol. The molecule has 1 aromatic rings. The molecule has 110 valence electrons. The highest BCUT2D eigenvalue weighted by Crippen LogP contribution is 2.32. The average Bonchev–Trinajstić information content (AvgIpc) is 3.38. The fourth-order valence-electron chi connectivity index (χ4n) is 3.02. The maximum absolute atomic E-state index is 12.1. The molecule has 0 atom stereocenters. The van der Waals surface area contributed by atoms with Crippen molar-refractivity contribution in [2.75, 3.05) is 25.0 Å². The number of nitriles is 1. The monoisotopic (exact) mass is 284 g/mol. The quantitative estimate of drug-likeness (QED) is 0.849. The fourth-order valence-corrected chi connectivity index (χ4v) is 3.02. The standard InChI is InChI=1S/C16H20N4O/c1-19(16(21)12-2-3-12)14-5-8-20(9-6-14)15-11-18-7-4-13(15)10-17/h4,7,11-12,14H,2-3,5-6,8-9H2,1H3. The van der Waals surface area contributed by atoms with Crippen LogP contribution in [0.2, 0.25) is 0 Å².